The van der Waals surface area contributed by atoms with E-state index in [1.165, 1.54) is 12.1 Å². The summed E-state index contributed by atoms with van der Waals surface area (Å²) in [6.07, 6.45) is 0.913. The van der Waals surface area contributed by atoms with Crippen LogP contribution < -0.4 is 15.8 Å². The number of nitrogens with one attached hydrogen (secondary N) is 1. The number of anilines is 1. The average molecular weight is 319 g/mol. The van der Waals surface area contributed by atoms with Crippen molar-refractivity contribution in [2.24, 2.45) is 5.73 Å². The average Bonchev–Trinajstić information content (AvgIpc) is 2.43. The van der Waals surface area contributed by atoms with Gasteiger partial charge in [0.15, 0.2) is 11.6 Å². The molecule has 0 saturated carbocycles. The first kappa shape index (κ1) is 17.7. The lowest BCUT2D eigenvalue weighted by Crippen LogP contribution is -2.54. The molecule has 1 aromatic carbocycles. The van der Waals surface area contributed by atoms with Crippen LogP contribution in [0.15, 0.2) is 18.2 Å². The lowest BCUT2D eigenvalue weighted by Gasteiger charge is -2.31. The number of hydrogen-bond donors (Lipinski definition) is 2. The van der Waals surface area contributed by atoms with Gasteiger partial charge in [0.05, 0.1) is 6.61 Å². The van der Waals surface area contributed by atoms with E-state index in [1.54, 1.807) is 13.0 Å². The third kappa shape index (κ3) is 4.30. The molecule has 1 aliphatic heterocycles. The Bertz CT molecular complexity index is 493. The van der Waals surface area contributed by atoms with Gasteiger partial charge in [0.2, 0.25) is 5.91 Å². The maximum absolute atomic E-state index is 13.7. The number of ether oxygens (including phenoxy) is 2. The minimum Gasteiger partial charge on any atom is -0.491 e. The van der Waals surface area contributed by atoms with E-state index in [2.05, 4.69) is 5.32 Å². The van der Waals surface area contributed by atoms with Crippen molar-refractivity contribution in [2.45, 2.75) is 25.3 Å². The molecule has 1 heterocycles. The monoisotopic (exact) mass is 318 g/mol. The van der Waals surface area contributed by atoms with Gasteiger partial charge in [-0.25, -0.2) is 4.39 Å². The smallest absolute Gasteiger partial charge is 0.244 e. The molecule has 0 atom stereocenters. The van der Waals surface area contributed by atoms with Gasteiger partial charge < -0.3 is 20.5 Å². The molecular formula is C14H20ClFN2O3. The fraction of sp³-hybridized carbons (Fsp3) is 0.500. The van der Waals surface area contributed by atoms with Gasteiger partial charge in [0, 0.05) is 25.0 Å². The maximum Gasteiger partial charge on any atom is 0.244 e. The molecule has 0 aromatic heterocycles. The zero-order valence-corrected chi connectivity index (χ0v) is 12.7. The molecule has 1 fully saturated rings. The third-order valence-electron chi connectivity index (χ3n) is 3.33. The van der Waals surface area contributed by atoms with Crippen LogP contribution in [0.4, 0.5) is 10.1 Å². The predicted octanol–water partition coefficient (Wildman–Crippen LogP) is 2.09. The van der Waals surface area contributed by atoms with Crippen molar-refractivity contribution < 1.29 is 18.7 Å². The normalized spacial score (nSPS) is 16.7. The number of carbonyl (C=O) groups excluding carboxylic acids is 1. The van der Waals surface area contributed by atoms with E-state index in [9.17, 15) is 9.18 Å². The fourth-order valence-corrected chi connectivity index (χ4v) is 2.07. The first-order valence-corrected chi connectivity index (χ1v) is 6.65. The van der Waals surface area contributed by atoms with Crippen molar-refractivity contribution in [1.82, 2.24) is 0 Å². The van der Waals surface area contributed by atoms with Gasteiger partial charge in [-0.3, -0.25) is 4.79 Å². The summed E-state index contributed by atoms with van der Waals surface area (Å²) in [5.41, 5.74) is 5.47. The Labute approximate surface area is 129 Å². The quantitative estimate of drug-likeness (QED) is 0.891. The van der Waals surface area contributed by atoms with Crippen LogP contribution >= 0.6 is 12.4 Å². The first-order valence-electron chi connectivity index (χ1n) is 6.65. The van der Waals surface area contributed by atoms with E-state index in [0.717, 1.165) is 0 Å². The van der Waals surface area contributed by atoms with Gasteiger partial charge in [-0.05, 0) is 31.9 Å². The number of benzene rings is 1. The summed E-state index contributed by atoms with van der Waals surface area (Å²) in [6, 6.07) is 4.31. The topological polar surface area (TPSA) is 73.6 Å². The number of halogens is 2. The van der Waals surface area contributed by atoms with Crippen molar-refractivity contribution in [1.29, 1.82) is 0 Å². The minimum absolute atomic E-state index is 0. The second-order valence-corrected chi connectivity index (χ2v) is 4.80. The van der Waals surface area contributed by atoms with E-state index in [0.29, 0.717) is 38.3 Å². The summed E-state index contributed by atoms with van der Waals surface area (Å²) in [7, 11) is 0. The number of rotatable bonds is 4. The molecule has 1 amide bonds. The molecule has 7 heteroatoms. The van der Waals surface area contributed by atoms with Crippen molar-refractivity contribution in [2.75, 3.05) is 25.1 Å². The Hall–Kier alpha value is -1.37. The molecule has 1 aliphatic rings. The highest BCUT2D eigenvalue weighted by Gasteiger charge is 2.35. The van der Waals surface area contributed by atoms with Gasteiger partial charge in [0.25, 0.3) is 0 Å². The highest BCUT2D eigenvalue weighted by Crippen LogP contribution is 2.24. The van der Waals surface area contributed by atoms with E-state index >= 15 is 0 Å². The highest BCUT2D eigenvalue weighted by molar-refractivity contribution is 5.98. The Morgan fingerprint density at radius 3 is 2.71 bits per heavy atom. The van der Waals surface area contributed by atoms with Crippen molar-refractivity contribution in [3.63, 3.8) is 0 Å². The molecule has 0 spiro atoms. The van der Waals surface area contributed by atoms with E-state index in [-0.39, 0.29) is 24.1 Å². The molecule has 118 valence electrons. The Balaban J connectivity index is 0.00000220. The zero-order chi connectivity index (χ0) is 14.6. The molecular weight excluding hydrogens is 299 g/mol. The maximum atomic E-state index is 13.7. The number of hydrogen-bond acceptors (Lipinski definition) is 4. The van der Waals surface area contributed by atoms with Gasteiger partial charge >= 0.3 is 0 Å². The summed E-state index contributed by atoms with van der Waals surface area (Å²) in [4.78, 5) is 12.2. The van der Waals surface area contributed by atoms with E-state index < -0.39 is 11.4 Å². The SMILES string of the molecule is CCOc1ccc(NC(=O)C2(N)CCOCC2)cc1F.Cl. The second-order valence-electron chi connectivity index (χ2n) is 4.80. The molecule has 1 aromatic rings. The van der Waals surface area contributed by atoms with Gasteiger partial charge in [-0.1, -0.05) is 0 Å². The van der Waals surface area contributed by atoms with Crippen molar-refractivity contribution in [3.05, 3.63) is 24.0 Å². The molecule has 0 aliphatic carbocycles. The van der Waals surface area contributed by atoms with E-state index in [1.807, 2.05) is 0 Å². The van der Waals surface area contributed by atoms with Gasteiger partial charge in [-0.2, -0.15) is 0 Å². The van der Waals surface area contributed by atoms with Gasteiger partial charge in [-0.15, -0.1) is 12.4 Å². The third-order valence-corrected chi connectivity index (χ3v) is 3.33. The summed E-state index contributed by atoms with van der Waals surface area (Å²) in [5.74, 6) is -0.661. The zero-order valence-electron chi connectivity index (χ0n) is 11.9. The molecule has 21 heavy (non-hydrogen) atoms. The van der Waals surface area contributed by atoms with E-state index in [4.69, 9.17) is 15.2 Å². The summed E-state index contributed by atoms with van der Waals surface area (Å²) in [5, 5.41) is 2.65. The van der Waals surface area contributed by atoms with Crippen molar-refractivity contribution >= 4 is 24.0 Å². The fourth-order valence-electron chi connectivity index (χ4n) is 2.07. The lowest BCUT2D eigenvalue weighted by atomic mass is 9.90. The summed E-state index contributed by atoms with van der Waals surface area (Å²) < 4.78 is 24.0. The first-order chi connectivity index (χ1) is 9.55. The standard InChI is InChI=1S/C14H19FN2O3.ClH/c1-2-20-12-4-3-10(9-11(12)15)17-13(18)14(16)5-7-19-8-6-14;/h3-4,9H,2,5-8,16H2,1H3,(H,17,18);1H. The van der Waals surface area contributed by atoms with Crippen LogP contribution in [-0.2, 0) is 9.53 Å². The molecule has 2 rings (SSSR count). The lowest BCUT2D eigenvalue weighted by molar-refractivity contribution is -0.124. The molecule has 5 nitrogen and oxygen atoms in total. The van der Waals surface area contributed by atoms with Crippen molar-refractivity contribution in [3.8, 4) is 5.75 Å². The molecule has 0 radical (unpaired) electrons. The van der Waals surface area contributed by atoms with Crippen LogP contribution in [0, 0.1) is 5.82 Å². The largest absolute Gasteiger partial charge is 0.491 e. The Kier molecular flexibility index (Phi) is 6.39. The summed E-state index contributed by atoms with van der Waals surface area (Å²) >= 11 is 0. The second kappa shape index (κ2) is 7.59. The number of amides is 1. The highest BCUT2D eigenvalue weighted by atomic mass is 35.5. The van der Waals surface area contributed by atoms with Crippen LogP contribution in [0.1, 0.15) is 19.8 Å². The number of nitrogens with two attached hydrogens (primary N) is 1. The molecule has 0 bridgehead atoms. The minimum atomic E-state index is -0.951. The Morgan fingerprint density at radius 1 is 1.48 bits per heavy atom. The summed E-state index contributed by atoms with van der Waals surface area (Å²) in [6.45, 7) is 3.08. The van der Waals surface area contributed by atoms with Gasteiger partial charge in [0.1, 0.15) is 5.54 Å². The van der Waals surface area contributed by atoms with Crippen LogP contribution in [-0.4, -0.2) is 31.3 Å². The number of carbonyl (C=O) groups is 1. The van der Waals surface area contributed by atoms with Crippen LogP contribution in [0.2, 0.25) is 0 Å². The predicted molar refractivity (Wildman–Crippen MR) is 80.4 cm³/mol. The van der Waals surface area contributed by atoms with Crippen LogP contribution in [0.25, 0.3) is 0 Å². The molecule has 1 saturated heterocycles. The Morgan fingerprint density at radius 2 is 2.14 bits per heavy atom. The van der Waals surface area contributed by atoms with Crippen LogP contribution in [0.5, 0.6) is 5.75 Å². The van der Waals surface area contributed by atoms with Crippen LogP contribution in [0.3, 0.4) is 0 Å². The molecule has 0 unspecified atom stereocenters. The molecule has 3 N–H and O–H groups in total.